The first kappa shape index (κ1) is 11.1. The summed E-state index contributed by atoms with van der Waals surface area (Å²) < 4.78 is 6.97. The molecule has 0 saturated heterocycles. The minimum Gasteiger partial charge on any atom is -0.383 e. The molecule has 86 valence electrons. The molecule has 2 aromatic rings. The standard InChI is InChI=1S/C11H16N4O/c1-15-10-6-4-3-5-8(10)11(14-15)9(13-12)7-16-2/h3-6,9,13H,7,12H2,1-2H3. The smallest absolute Gasteiger partial charge is 0.0909 e. The highest BCUT2D eigenvalue weighted by Crippen LogP contribution is 2.22. The maximum atomic E-state index is 5.51. The molecule has 0 bridgehead atoms. The van der Waals surface area contributed by atoms with E-state index in [0.29, 0.717) is 6.61 Å². The molecule has 0 aliphatic carbocycles. The third kappa shape index (κ3) is 1.80. The van der Waals surface area contributed by atoms with E-state index >= 15 is 0 Å². The molecule has 5 nitrogen and oxygen atoms in total. The van der Waals surface area contributed by atoms with Crippen LogP contribution in [0.25, 0.3) is 10.9 Å². The second-order valence-electron chi connectivity index (χ2n) is 3.70. The van der Waals surface area contributed by atoms with Gasteiger partial charge in [-0.1, -0.05) is 18.2 Å². The van der Waals surface area contributed by atoms with Crippen LogP contribution in [0, 0.1) is 0 Å². The van der Waals surface area contributed by atoms with E-state index in [1.807, 2.05) is 36.0 Å². The molecule has 1 atom stereocenters. The van der Waals surface area contributed by atoms with Crippen LogP contribution in [0.5, 0.6) is 0 Å². The van der Waals surface area contributed by atoms with E-state index in [1.165, 1.54) is 0 Å². The summed E-state index contributed by atoms with van der Waals surface area (Å²) in [6.45, 7) is 0.498. The summed E-state index contributed by atoms with van der Waals surface area (Å²) in [6, 6.07) is 7.98. The molecular weight excluding hydrogens is 204 g/mol. The number of ether oxygens (including phenoxy) is 1. The van der Waals surface area contributed by atoms with Crippen molar-refractivity contribution >= 4 is 10.9 Å². The third-order valence-electron chi connectivity index (χ3n) is 2.65. The van der Waals surface area contributed by atoms with Crippen molar-refractivity contribution in [1.29, 1.82) is 0 Å². The van der Waals surface area contributed by atoms with E-state index in [-0.39, 0.29) is 6.04 Å². The molecule has 1 heterocycles. The number of aryl methyl sites for hydroxylation is 1. The molecule has 0 spiro atoms. The molecule has 1 aromatic heterocycles. The summed E-state index contributed by atoms with van der Waals surface area (Å²) in [5.41, 5.74) is 4.73. The van der Waals surface area contributed by atoms with Gasteiger partial charge in [-0.3, -0.25) is 10.5 Å². The fourth-order valence-electron chi connectivity index (χ4n) is 1.87. The van der Waals surface area contributed by atoms with Gasteiger partial charge in [0.25, 0.3) is 0 Å². The molecular formula is C11H16N4O. The molecule has 0 fully saturated rings. The van der Waals surface area contributed by atoms with E-state index in [2.05, 4.69) is 10.5 Å². The molecule has 5 heteroatoms. The average molecular weight is 220 g/mol. The molecule has 1 aromatic carbocycles. The Morgan fingerprint density at radius 1 is 1.50 bits per heavy atom. The first-order chi connectivity index (χ1) is 7.77. The lowest BCUT2D eigenvalue weighted by Crippen LogP contribution is -2.31. The van der Waals surface area contributed by atoms with Gasteiger partial charge in [0, 0.05) is 19.5 Å². The van der Waals surface area contributed by atoms with E-state index in [9.17, 15) is 0 Å². The van der Waals surface area contributed by atoms with Crippen molar-refractivity contribution in [2.45, 2.75) is 6.04 Å². The number of nitrogens with one attached hydrogen (secondary N) is 1. The number of aromatic nitrogens is 2. The van der Waals surface area contributed by atoms with Crippen LogP contribution >= 0.6 is 0 Å². The second kappa shape index (κ2) is 4.61. The third-order valence-corrected chi connectivity index (χ3v) is 2.65. The van der Waals surface area contributed by atoms with Gasteiger partial charge in [-0.05, 0) is 6.07 Å². The van der Waals surface area contributed by atoms with Gasteiger partial charge in [0.05, 0.1) is 23.9 Å². The highest BCUT2D eigenvalue weighted by molar-refractivity contribution is 5.82. The van der Waals surface area contributed by atoms with Crippen molar-refractivity contribution in [3.8, 4) is 0 Å². The predicted octanol–water partition coefficient (Wildman–Crippen LogP) is 0.724. The monoisotopic (exact) mass is 220 g/mol. The van der Waals surface area contributed by atoms with Crippen LogP contribution in [0.3, 0.4) is 0 Å². The van der Waals surface area contributed by atoms with Crippen molar-refractivity contribution < 1.29 is 4.74 Å². The van der Waals surface area contributed by atoms with Crippen LogP contribution in [0.15, 0.2) is 24.3 Å². The van der Waals surface area contributed by atoms with Gasteiger partial charge >= 0.3 is 0 Å². The second-order valence-corrected chi connectivity index (χ2v) is 3.70. The van der Waals surface area contributed by atoms with Gasteiger partial charge in [-0.15, -0.1) is 0 Å². The zero-order valence-corrected chi connectivity index (χ0v) is 9.47. The van der Waals surface area contributed by atoms with E-state index < -0.39 is 0 Å². The molecule has 3 N–H and O–H groups in total. The van der Waals surface area contributed by atoms with Crippen LogP contribution in [-0.4, -0.2) is 23.5 Å². The lowest BCUT2D eigenvalue weighted by molar-refractivity contribution is 0.166. The Hall–Kier alpha value is -1.43. The van der Waals surface area contributed by atoms with Gasteiger partial charge in [0.15, 0.2) is 0 Å². The Morgan fingerprint density at radius 3 is 2.94 bits per heavy atom. The van der Waals surface area contributed by atoms with Gasteiger partial charge < -0.3 is 4.74 Å². The normalized spacial score (nSPS) is 13.2. The molecule has 0 aliphatic heterocycles. The van der Waals surface area contributed by atoms with E-state index in [0.717, 1.165) is 16.6 Å². The summed E-state index contributed by atoms with van der Waals surface area (Å²) in [7, 11) is 3.57. The van der Waals surface area contributed by atoms with Crippen molar-refractivity contribution in [2.24, 2.45) is 12.9 Å². The largest absolute Gasteiger partial charge is 0.383 e. The van der Waals surface area contributed by atoms with Crippen molar-refractivity contribution in [3.05, 3.63) is 30.0 Å². The van der Waals surface area contributed by atoms with Crippen molar-refractivity contribution in [3.63, 3.8) is 0 Å². The number of rotatable bonds is 4. The van der Waals surface area contributed by atoms with Gasteiger partial charge in [-0.25, -0.2) is 5.43 Å². The number of hydrogen-bond donors (Lipinski definition) is 2. The fraction of sp³-hybridized carbons (Fsp3) is 0.364. The van der Waals surface area contributed by atoms with Crippen LogP contribution in [-0.2, 0) is 11.8 Å². The van der Waals surface area contributed by atoms with Gasteiger partial charge in [0.1, 0.15) is 0 Å². The Morgan fingerprint density at radius 2 is 2.25 bits per heavy atom. The number of methoxy groups -OCH3 is 1. The number of hydrazine groups is 1. The number of hydrogen-bond acceptors (Lipinski definition) is 4. The van der Waals surface area contributed by atoms with Gasteiger partial charge in [-0.2, -0.15) is 5.10 Å². The van der Waals surface area contributed by atoms with Crippen LogP contribution in [0.2, 0.25) is 0 Å². The maximum absolute atomic E-state index is 5.51. The Balaban J connectivity index is 2.51. The maximum Gasteiger partial charge on any atom is 0.0909 e. The Labute approximate surface area is 94.2 Å². The number of nitrogens with zero attached hydrogens (tertiary/aromatic N) is 2. The van der Waals surface area contributed by atoms with Crippen molar-refractivity contribution in [1.82, 2.24) is 15.2 Å². The summed E-state index contributed by atoms with van der Waals surface area (Å²) in [4.78, 5) is 0. The zero-order valence-electron chi connectivity index (χ0n) is 9.47. The topological polar surface area (TPSA) is 65.1 Å². The average Bonchev–Trinajstić information content (AvgIpc) is 2.65. The fourth-order valence-corrected chi connectivity index (χ4v) is 1.87. The van der Waals surface area contributed by atoms with E-state index in [1.54, 1.807) is 7.11 Å². The summed E-state index contributed by atoms with van der Waals surface area (Å²) in [5, 5.41) is 5.58. The van der Waals surface area contributed by atoms with Crippen LogP contribution in [0.1, 0.15) is 11.7 Å². The first-order valence-corrected chi connectivity index (χ1v) is 5.14. The van der Waals surface area contributed by atoms with Gasteiger partial charge in [0.2, 0.25) is 0 Å². The molecule has 0 saturated carbocycles. The lowest BCUT2D eigenvalue weighted by Gasteiger charge is -2.12. The summed E-state index contributed by atoms with van der Waals surface area (Å²) in [5.74, 6) is 5.51. The predicted molar refractivity (Wildman–Crippen MR) is 62.7 cm³/mol. The number of para-hydroxylation sites is 1. The van der Waals surface area contributed by atoms with Crippen LogP contribution < -0.4 is 11.3 Å². The van der Waals surface area contributed by atoms with E-state index in [4.69, 9.17) is 10.6 Å². The zero-order chi connectivity index (χ0) is 11.5. The Bertz CT molecular complexity index is 480. The lowest BCUT2D eigenvalue weighted by atomic mass is 10.1. The van der Waals surface area contributed by atoms with Crippen LogP contribution in [0.4, 0.5) is 0 Å². The number of fused-ring (bicyclic) bond motifs is 1. The minimum absolute atomic E-state index is 0.0869. The molecule has 1 unspecified atom stereocenters. The number of nitrogens with two attached hydrogens (primary N) is 1. The summed E-state index contributed by atoms with van der Waals surface area (Å²) >= 11 is 0. The highest BCUT2D eigenvalue weighted by atomic mass is 16.5. The molecule has 16 heavy (non-hydrogen) atoms. The highest BCUT2D eigenvalue weighted by Gasteiger charge is 2.17. The molecule has 2 rings (SSSR count). The molecule has 0 aliphatic rings. The molecule has 0 radical (unpaired) electrons. The minimum atomic E-state index is -0.0869. The van der Waals surface area contributed by atoms with Crippen molar-refractivity contribution in [2.75, 3.05) is 13.7 Å². The Kier molecular flexibility index (Phi) is 3.19. The quantitative estimate of drug-likeness (QED) is 0.588. The molecule has 0 amide bonds. The number of benzene rings is 1. The SMILES string of the molecule is COCC(NN)c1nn(C)c2ccccc12. The summed E-state index contributed by atoms with van der Waals surface area (Å²) in [6.07, 6.45) is 0. The first-order valence-electron chi connectivity index (χ1n) is 5.14.